The van der Waals surface area contributed by atoms with Gasteiger partial charge >= 0.3 is 6.03 Å². The molecular weight excluding hydrogens is 327 g/mol. The molecule has 1 aromatic carbocycles. The van der Waals surface area contributed by atoms with Crippen molar-refractivity contribution in [2.75, 3.05) is 10.7 Å². The van der Waals surface area contributed by atoms with Gasteiger partial charge in [0.2, 0.25) is 5.95 Å². The number of carbonyl (C=O) groups excluding carboxylic acids is 1. The van der Waals surface area contributed by atoms with Crippen LogP contribution >= 0.6 is 23.2 Å². The summed E-state index contributed by atoms with van der Waals surface area (Å²) in [5, 5.41) is 3.38. The molecule has 2 aromatic heterocycles. The maximum absolute atomic E-state index is 11.8. The Labute approximate surface area is 135 Å². The predicted molar refractivity (Wildman–Crippen MR) is 86.1 cm³/mol. The SMILES string of the molecule is O=C(NNc1nc2ccncc2[nH]1)Nc1ccc(Cl)c(Cl)c1. The lowest BCUT2D eigenvalue weighted by atomic mass is 10.3. The molecule has 0 aliphatic carbocycles. The van der Waals surface area contributed by atoms with Crippen LogP contribution in [0.15, 0.2) is 36.7 Å². The number of carbonyl (C=O) groups is 1. The second kappa shape index (κ2) is 6.08. The lowest BCUT2D eigenvalue weighted by molar-refractivity contribution is 0.253. The van der Waals surface area contributed by atoms with E-state index >= 15 is 0 Å². The molecule has 0 aliphatic rings. The van der Waals surface area contributed by atoms with E-state index in [1.165, 1.54) is 0 Å². The molecule has 0 atom stereocenters. The highest BCUT2D eigenvalue weighted by atomic mass is 35.5. The van der Waals surface area contributed by atoms with Crippen molar-refractivity contribution in [3.05, 3.63) is 46.7 Å². The van der Waals surface area contributed by atoms with Crippen molar-refractivity contribution in [1.29, 1.82) is 0 Å². The molecule has 9 heteroatoms. The Morgan fingerprint density at radius 1 is 1.18 bits per heavy atom. The average molecular weight is 337 g/mol. The Morgan fingerprint density at radius 2 is 2.05 bits per heavy atom. The molecule has 2 amide bonds. The highest BCUT2D eigenvalue weighted by Gasteiger charge is 2.06. The van der Waals surface area contributed by atoms with Gasteiger partial charge in [-0.2, -0.15) is 0 Å². The zero-order valence-corrected chi connectivity index (χ0v) is 12.5. The minimum Gasteiger partial charge on any atom is -0.321 e. The van der Waals surface area contributed by atoms with Crippen LogP contribution in [0.3, 0.4) is 0 Å². The molecule has 0 spiro atoms. The normalized spacial score (nSPS) is 10.5. The third-order valence-electron chi connectivity index (χ3n) is 2.76. The van der Waals surface area contributed by atoms with Gasteiger partial charge in [-0.3, -0.25) is 10.4 Å². The summed E-state index contributed by atoms with van der Waals surface area (Å²) < 4.78 is 0. The zero-order valence-electron chi connectivity index (χ0n) is 11.0. The number of hydrogen-bond acceptors (Lipinski definition) is 4. The van der Waals surface area contributed by atoms with Crippen LogP contribution in [0.4, 0.5) is 16.4 Å². The Balaban J connectivity index is 1.60. The van der Waals surface area contributed by atoms with E-state index in [0.29, 0.717) is 21.7 Å². The van der Waals surface area contributed by atoms with Gasteiger partial charge in [0.25, 0.3) is 0 Å². The number of fused-ring (bicyclic) bond motifs is 1. The summed E-state index contributed by atoms with van der Waals surface area (Å²) in [4.78, 5) is 22.9. The number of rotatable bonds is 3. The molecule has 0 fully saturated rings. The van der Waals surface area contributed by atoms with Gasteiger partial charge in [-0.25, -0.2) is 15.2 Å². The summed E-state index contributed by atoms with van der Waals surface area (Å²) >= 11 is 11.7. The molecule has 4 N–H and O–H groups in total. The Morgan fingerprint density at radius 3 is 2.82 bits per heavy atom. The Hall–Kier alpha value is -2.51. The van der Waals surface area contributed by atoms with Crippen molar-refractivity contribution in [3.63, 3.8) is 0 Å². The smallest absolute Gasteiger partial charge is 0.321 e. The van der Waals surface area contributed by atoms with Gasteiger partial charge < -0.3 is 10.3 Å². The van der Waals surface area contributed by atoms with Gasteiger partial charge in [-0.15, -0.1) is 0 Å². The van der Waals surface area contributed by atoms with Crippen molar-refractivity contribution in [1.82, 2.24) is 20.4 Å². The lowest BCUT2D eigenvalue weighted by Crippen LogP contribution is -2.33. The monoisotopic (exact) mass is 336 g/mol. The second-order valence-corrected chi connectivity index (χ2v) is 5.13. The number of pyridine rings is 1. The quantitative estimate of drug-likeness (QED) is 0.551. The molecule has 0 radical (unpaired) electrons. The second-order valence-electron chi connectivity index (χ2n) is 4.31. The fraction of sp³-hybridized carbons (Fsp3) is 0. The predicted octanol–water partition coefficient (Wildman–Crippen LogP) is 3.41. The largest absolute Gasteiger partial charge is 0.337 e. The molecule has 0 unspecified atom stereocenters. The molecule has 0 aliphatic heterocycles. The summed E-state index contributed by atoms with van der Waals surface area (Å²) in [6.45, 7) is 0. The number of amides is 2. The van der Waals surface area contributed by atoms with Crippen molar-refractivity contribution in [2.24, 2.45) is 0 Å². The first-order chi connectivity index (χ1) is 10.6. The number of aromatic amines is 1. The van der Waals surface area contributed by atoms with Crippen LogP contribution in [0, 0.1) is 0 Å². The standard InChI is InChI=1S/C13H10Cl2N6O/c14-8-2-1-7(5-9(8)15)17-13(22)21-20-12-18-10-3-4-16-6-11(10)19-12/h1-6H,(H2,17,21,22)(H2,18,19,20). The fourth-order valence-electron chi connectivity index (χ4n) is 1.77. The first-order valence-corrected chi connectivity index (χ1v) is 6.95. The molecule has 0 saturated carbocycles. The number of halogens is 2. The molecule has 0 saturated heterocycles. The molecule has 112 valence electrons. The van der Waals surface area contributed by atoms with Crippen molar-refractivity contribution < 1.29 is 4.79 Å². The van der Waals surface area contributed by atoms with Gasteiger partial charge in [0.15, 0.2) is 0 Å². The topological polar surface area (TPSA) is 94.7 Å². The highest BCUT2D eigenvalue weighted by Crippen LogP contribution is 2.24. The number of benzene rings is 1. The van der Waals surface area contributed by atoms with Crippen LogP contribution in [0.1, 0.15) is 0 Å². The maximum Gasteiger partial charge on any atom is 0.337 e. The number of nitrogens with zero attached hydrogens (tertiary/aromatic N) is 2. The highest BCUT2D eigenvalue weighted by molar-refractivity contribution is 6.42. The summed E-state index contributed by atoms with van der Waals surface area (Å²) in [5.74, 6) is 0.396. The summed E-state index contributed by atoms with van der Waals surface area (Å²) in [7, 11) is 0. The minimum absolute atomic E-state index is 0.359. The number of hydrogen-bond donors (Lipinski definition) is 4. The minimum atomic E-state index is -0.475. The van der Waals surface area contributed by atoms with Crippen molar-refractivity contribution >= 4 is 51.9 Å². The van der Waals surface area contributed by atoms with Gasteiger partial charge in [0, 0.05) is 11.9 Å². The summed E-state index contributed by atoms with van der Waals surface area (Å²) in [6, 6.07) is 6.07. The fourth-order valence-corrected chi connectivity index (χ4v) is 2.07. The van der Waals surface area contributed by atoms with E-state index in [4.69, 9.17) is 23.2 Å². The van der Waals surface area contributed by atoms with Crippen LogP contribution in [0.2, 0.25) is 10.0 Å². The van der Waals surface area contributed by atoms with Gasteiger partial charge in [0.1, 0.15) is 0 Å². The van der Waals surface area contributed by atoms with E-state index in [1.807, 2.05) is 0 Å². The zero-order chi connectivity index (χ0) is 15.5. The van der Waals surface area contributed by atoms with Crippen LogP contribution in [0.25, 0.3) is 11.0 Å². The third-order valence-corrected chi connectivity index (χ3v) is 3.49. The number of imidazole rings is 1. The first-order valence-electron chi connectivity index (χ1n) is 6.19. The van der Waals surface area contributed by atoms with Gasteiger partial charge in [-0.05, 0) is 24.3 Å². The molecular formula is C13H10Cl2N6O. The van der Waals surface area contributed by atoms with Crippen LogP contribution in [-0.2, 0) is 0 Å². The number of H-pyrrole nitrogens is 1. The Kier molecular flexibility index (Phi) is 3.99. The van der Waals surface area contributed by atoms with Gasteiger partial charge in [0.05, 0.1) is 27.3 Å². The average Bonchev–Trinajstić information content (AvgIpc) is 2.92. The molecule has 0 bridgehead atoms. The number of urea groups is 1. The number of nitrogens with one attached hydrogen (secondary N) is 4. The van der Waals surface area contributed by atoms with Crippen LogP contribution < -0.4 is 16.2 Å². The number of hydrazine groups is 1. The van der Waals surface area contributed by atoms with E-state index in [1.54, 1.807) is 36.7 Å². The number of aromatic nitrogens is 3. The van der Waals surface area contributed by atoms with Crippen molar-refractivity contribution in [2.45, 2.75) is 0 Å². The van der Waals surface area contributed by atoms with Crippen molar-refractivity contribution in [3.8, 4) is 0 Å². The van der Waals surface area contributed by atoms with Gasteiger partial charge in [-0.1, -0.05) is 23.2 Å². The van der Waals surface area contributed by atoms with Crippen LogP contribution in [0.5, 0.6) is 0 Å². The number of anilines is 2. The lowest BCUT2D eigenvalue weighted by Gasteiger charge is -2.08. The van der Waals surface area contributed by atoms with Crippen LogP contribution in [-0.4, -0.2) is 21.0 Å². The Bertz CT molecular complexity index is 801. The maximum atomic E-state index is 11.8. The van der Waals surface area contributed by atoms with E-state index in [0.717, 1.165) is 11.0 Å². The van der Waals surface area contributed by atoms with E-state index < -0.39 is 6.03 Å². The first kappa shape index (κ1) is 14.4. The van der Waals surface area contributed by atoms with E-state index in [-0.39, 0.29) is 0 Å². The molecule has 2 heterocycles. The molecule has 3 rings (SSSR count). The third kappa shape index (κ3) is 3.21. The molecule has 7 nitrogen and oxygen atoms in total. The molecule has 3 aromatic rings. The molecule has 22 heavy (non-hydrogen) atoms. The van der Waals surface area contributed by atoms with E-state index in [2.05, 4.69) is 31.1 Å². The summed E-state index contributed by atoms with van der Waals surface area (Å²) in [6.07, 6.45) is 3.28. The van der Waals surface area contributed by atoms with E-state index in [9.17, 15) is 4.79 Å². The summed E-state index contributed by atoms with van der Waals surface area (Å²) in [5.41, 5.74) is 7.13.